The molecule has 0 aliphatic heterocycles. The molecule has 0 spiro atoms. The quantitative estimate of drug-likeness (QED) is 0.875. The van der Waals surface area contributed by atoms with Crippen LogP contribution in [0.2, 0.25) is 0 Å². The maximum Gasteiger partial charge on any atom is 0.223 e. The van der Waals surface area contributed by atoms with Crippen LogP contribution in [-0.4, -0.2) is 10.9 Å². The molecule has 1 heterocycles. The highest BCUT2D eigenvalue weighted by Crippen LogP contribution is 2.17. The van der Waals surface area contributed by atoms with Crippen molar-refractivity contribution >= 4 is 22.4 Å². The van der Waals surface area contributed by atoms with E-state index in [1.165, 1.54) is 35.3 Å². The van der Waals surface area contributed by atoms with Gasteiger partial charge in [0, 0.05) is 12.3 Å². The standard InChI is InChI=1S/C17H21N2OS/c1-12(2)10-15-6-4-14(5-7-15)8-9-16-11-21-17(19-16)18-13(3)20/h4-7,11H,8-10H2,1-3H3,(H,18,19,20). The molecule has 1 aromatic heterocycles. The Morgan fingerprint density at radius 3 is 2.38 bits per heavy atom. The number of anilines is 1. The van der Waals surface area contributed by atoms with Gasteiger partial charge in [-0.2, -0.15) is 0 Å². The van der Waals surface area contributed by atoms with Gasteiger partial charge in [-0.25, -0.2) is 4.98 Å². The predicted octanol–water partition coefficient (Wildman–Crippen LogP) is 4.04. The maximum absolute atomic E-state index is 11.0. The lowest BCUT2D eigenvalue weighted by atomic mass is 10.0. The van der Waals surface area contributed by atoms with Crippen LogP contribution in [0.5, 0.6) is 0 Å². The molecule has 2 rings (SSSR count). The molecule has 0 aliphatic carbocycles. The monoisotopic (exact) mass is 301 g/mol. The number of hydrogen-bond donors (Lipinski definition) is 1. The summed E-state index contributed by atoms with van der Waals surface area (Å²) in [5.74, 6) is 1.35. The van der Waals surface area contributed by atoms with Crippen molar-refractivity contribution in [3.63, 3.8) is 0 Å². The van der Waals surface area contributed by atoms with Crippen molar-refractivity contribution in [1.29, 1.82) is 0 Å². The van der Waals surface area contributed by atoms with Gasteiger partial charge in [0.25, 0.3) is 0 Å². The lowest BCUT2D eigenvalue weighted by Crippen LogP contribution is -2.05. The second-order valence-electron chi connectivity index (χ2n) is 5.53. The second kappa shape index (κ2) is 7.36. The Morgan fingerprint density at radius 1 is 1.10 bits per heavy atom. The molecule has 1 aromatic carbocycles. The number of nitrogens with one attached hydrogen (secondary N) is 1. The van der Waals surface area contributed by atoms with Gasteiger partial charge in [-0.15, -0.1) is 11.3 Å². The van der Waals surface area contributed by atoms with Crippen molar-refractivity contribution in [3.8, 4) is 0 Å². The topological polar surface area (TPSA) is 42.0 Å². The Kier molecular flexibility index (Phi) is 5.51. The van der Waals surface area contributed by atoms with E-state index in [1.807, 2.05) is 5.38 Å². The molecule has 0 bridgehead atoms. The molecule has 111 valence electrons. The van der Waals surface area contributed by atoms with Gasteiger partial charge >= 0.3 is 0 Å². The molecule has 1 radical (unpaired) electrons. The van der Waals surface area contributed by atoms with Crippen molar-refractivity contribution < 1.29 is 4.79 Å². The molecular weight excluding hydrogens is 280 g/mol. The fraction of sp³-hybridized carbons (Fsp3) is 0.353. The third-order valence-corrected chi connectivity index (χ3v) is 3.89. The molecule has 3 nitrogen and oxygen atoms in total. The van der Waals surface area contributed by atoms with E-state index < -0.39 is 0 Å². The predicted molar refractivity (Wildman–Crippen MR) is 88.6 cm³/mol. The molecule has 0 saturated carbocycles. The van der Waals surface area contributed by atoms with Crippen molar-refractivity contribution in [3.05, 3.63) is 52.4 Å². The third-order valence-electron chi connectivity index (χ3n) is 3.09. The van der Waals surface area contributed by atoms with E-state index in [-0.39, 0.29) is 5.91 Å². The van der Waals surface area contributed by atoms with Crippen LogP contribution in [0.25, 0.3) is 0 Å². The van der Waals surface area contributed by atoms with Crippen LogP contribution in [-0.2, 0) is 24.1 Å². The van der Waals surface area contributed by atoms with Gasteiger partial charge < -0.3 is 5.32 Å². The van der Waals surface area contributed by atoms with Crippen molar-refractivity contribution in [1.82, 2.24) is 4.98 Å². The number of aromatic nitrogens is 1. The average Bonchev–Trinajstić information content (AvgIpc) is 2.84. The molecule has 4 heteroatoms. The SMILES string of the molecule is C[C](C)Cc1ccc(CCc2csc(NC(C)=O)n2)cc1. The Labute approximate surface area is 130 Å². The zero-order chi connectivity index (χ0) is 15.2. The van der Waals surface area contributed by atoms with E-state index in [1.54, 1.807) is 0 Å². The first-order valence-electron chi connectivity index (χ1n) is 7.12. The van der Waals surface area contributed by atoms with E-state index in [0.29, 0.717) is 5.13 Å². The third kappa shape index (κ3) is 5.31. The first-order chi connectivity index (χ1) is 10.0. The van der Waals surface area contributed by atoms with Crippen molar-refractivity contribution in [2.75, 3.05) is 5.32 Å². The molecule has 0 unspecified atom stereocenters. The number of carbonyl (C=O) groups is 1. The summed E-state index contributed by atoms with van der Waals surface area (Å²) < 4.78 is 0. The van der Waals surface area contributed by atoms with Crippen LogP contribution in [0.4, 0.5) is 5.13 Å². The van der Waals surface area contributed by atoms with E-state index in [9.17, 15) is 4.79 Å². The summed E-state index contributed by atoms with van der Waals surface area (Å²) in [7, 11) is 0. The summed E-state index contributed by atoms with van der Waals surface area (Å²) in [5, 5.41) is 5.41. The average molecular weight is 301 g/mol. The molecular formula is C17H21N2OS. The summed E-state index contributed by atoms with van der Waals surface area (Å²) in [4.78, 5) is 15.4. The van der Waals surface area contributed by atoms with Gasteiger partial charge in [0.1, 0.15) is 0 Å². The minimum Gasteiger partial charge on any atom is -0.302 e. The molecule has 21 heavy (non-hydrogen) atoms. The van der Waals surface area contributed by atoms with E-state index >= 15 is 0 Å². The Morgan fingerprint density at radius 2 is 1.76 bits per heavy atom. The minimum absolute atomic E-state index is 0.0745. The maximum atomic E-state index is 11.0. The molecule has 0 atom stereocenters. The summed E-state index contributed by atoms with van der Waals surface area (Å²) in [6.07, 6.45) is 2.92. The molecule has 0 saturated heterocycles. The van der Waals surface area contributed by atoms with Gasteiger partial charge in [-0.1, -0.05) is 38.1 Å². The summed E-state index contributed by atoms with van der Waals surface area (Å²) in [5.41, 5.74) is 3.72. The first-order valence-corrected chi connectivity index (χ1v) is 8.00. The van der Waals surface area contributed by atoms with Crippen LogP contribution in [0, 0.1) is 5.92 Å². The number of nitrogens with zero attached hydrogens (tertiary/aromatic N) is 1. The van der Waals surface area contributed by atoms with Gasteiger partial charge in [0.05, 0.1) is 5.69 Å². The van der Waals surface area contributed by atoms with E-state index in [0.717, 1.165) is 25.0 Å². The van der Waals surface area contributed by atoms with E-state index in [4.69, 9.17) is 0 Å². The van der Waals surface area contributed by atoms with Crippen LogP contribution < -0.4 is 5.32 Å². The normalized spacial score (nSPS) is 10.9. The Hall–Kier alpha value is -1.68. The van der Waals surface area contributed by atoms with Crippen LogP contribution in [0.1, 0.15) is 37.6 Å². The number of amides is 1. The van der Waals surface area contributed by atoms with Gasteiger partial charge in [-0.3, -0.25) is 4.79 Å². The minimum atomic E-state index is -0.0745. The van der Waals surface area contributed by atoms with E-state index in [2.05, 4.69) is 48.4 Å². The summed E-state index contributed by atoms with van der Waals surface area (Å²) in [6.45, 7) is 5.81. The molecule has 2 aromatic rings. The van der Waals surface area contributed by atoms with Gasteiger partial charge in [-0.05, 0) is 36.3 Å². The lowest BCUT2D eigenvalue weighted by Gasteiger charge is -2.05. The van der Waals surface area contributed by atoms with Gasteiger partial charge in [0.15, 0.2) is 5.13 Å². The zero-order valence-electron chi connectivity index (χ0n) is 12.8. The largest absolute Gasteiger partial charge is 0.302 e. The van der Waals surface area contributed by atoms with Gasteiger partial charge in [0.2, 0.25) is 5.91 Å². The van der Waals surface area contributed by atoms with Crippen LogP contribution in [0.3, 0.4) is 0 Å². The Bertz CT molecular complexity index is 587. The highest BCUT2D eigenvalue weighted by Gasteiger charge is 2.04. The second-order valence-corrected chi connectivity index (χ2v) is 6.38. The summed E-state index contributed by atoms with van der Waals surface area (Å²) >= 11 is 1.48. The first kappa shape index (κ1) is 15.7. The fourth-order valence-electron chi connectivity index (χ4n) is 2.13. The number of rotatable bonds is 6. The molecule has 0 aliphatic rings. The number of hydrogen-bond acceptors (Lipinski definition) is 3. The number of benzene rings is 1. The van der Waals surface area contributed by atoms with Crippen LogP contribution >= 0.6 is 11.3 Å². The number of aryl methyl sites for hydroxylation is 2. The molecule has 1 amide bonds. The highest BCUT2D eigenvalue weighted by molar-refractivity contribution is 7.13. The molecule has 0 fully saturated rings. The lowest BCUT2D eigenvalue weighted by molar-refractivity contribution is -0.114. The highest BCUT2D eigenvalue weighted by atomic mass is 32.1. The summed E-state index contributed by atoms with van der Waals surface area (Å²) in [6, 6.07) is 8.79. The smallest absolute Gasteiger partial charge is 0.223 e. The number of thiazole rings is 1. The zero-order valence-corrected chi connectivity index (χ0v) is 13.6. The number of carbonyl (C=O) groups excluding carboxylic acids is 1. The van der Waals surface area contributed by atoms with Crippen molar-refractivity contribution in [2.24, 2.45) is 0 Å². The van der Waals surface area contributed by atoms with Crippen molar-refractivity contribution in [2.45, 2.75) is 40.0 Å². The molecule has 1 N–H and O–H groups in total. The van der Waals surface area contributed by atoms with Crippen LogP contribution in [0.15, 0.2) is 29.6 Å². The fourth-order valence-corrected chi connectivity index (χ4v) is 2.93. The Balaban J connectivity index is 1.87.